The van der Waals surface area contributed by atoms with E-state index in [-0.39, 0.29) is 5.69 Å². The smallest absolute Gasteiger partial charge is 0.416 e. The van der Waals surface area contributed by atoms with E-state index in [4.69, 9.17) is 15.5 Å². The van der Waals surface area contributed by atoms with Gasteiger partial charge in [0.15, 0.2) is 0 Å². The lowest BCUT2D eigenvalue weighted by atomic mass is 9.94. The van der Waals surface area contributed by atoms with Gasteiger partial charge in [-0.05, 0) is 46.8 Å². The van der Waals surface area contributed by atoms with Crippen LogP contribution in [0.2, 0.25) is 0 Å². The van der Waals surface area contributed by atoms with Crippen LogP contribution in [-0.4, -0.2) is 11.7 Å². The molecule has 1 rings (SSSR count). The molecule has 1 aromatic carbocycles. The van der Waals surface area contributed by atoms with Gasteiger partial charge in [-0.2, -0.15) is 13.2 Å². The minimum Gasteiger partial charge on any atom is -0.444 e. The van der Waals surface area contributed by atoms with Gasteiger partial charge in [-0.15, -0.1) is 0 Å². The summed E-state index contributed by atoms with van der Waals surface area (Å²) >= 11 is 0. The number of halogens is 3. The molecule has 8 heteroatoms. The van der Waals surface area contributed by atoms with E-state index in [1.165, 1.54) is 6.07 Å². The molecule has 1 amide bonds. The van der Waals surface area contributed by atoms with Crippen LogP contribution < -0.4 is 11.2 Å². The summed E-state index contributed by atoms with van der Waals surface area (Å²) in [6, 6.07) is 2.93. The maximum Gasteiger partial charge on any atom is 0.416 e. The molecule has 5 nitrogen and oxygen atoms in total. The first kappa shape index (κ1) is 19.2. The summed E-state index contributed by atoms with van der Waals surface area (Å²) < 4.78 is 43.7. The second-order valence-electron chi connectivity index (χ2n) is 6.51. The Kier molecular flexibility index (Phi) is 5.33. The molecular weight excluding hydrogens is 313 g/mol. The summed E-state index contributed by atoms with van der Waals surface area (Å²) in [5.41, 5.74) is -2.58. The molecular formula is C15H21F3N2O3. The number of ether oxygens (including phenoxy) is 1. The molecule has 0 saturated heterocycles. The number of hydrogen-bond acceptors (Lipinski definition) is 4. The van der Waals surface area contributed by atoms with Gasteiger partial charge < -0.3 is 4.74 Å². The normalized spacial score (nSPS) is 12.9. The monoisotopic (exact) mass is 334 g/mol. The Morgan fingerprint density at radius 1 is 1.13 bits per heavy atom. The number of nitrogens with two attached hydrogens (primary N) is 1. The van der Waals surface area contributed by atoms with Crippen LogP contribution in [0.1, 0.15) is 45.7 Å². The van der Waals surface area contributed by atoms with Gasteiger partial charge in [0.2, 0.25) is 0 Å². The predicted octanol–water partition coefficient (Wildman–Crippen LogP) is 4.18. The van der Waals surface area contributed by atoms with Crippen LogP contribution in [0.4, 0.5) is 23.7 Å². The highest BCUT2D eigenvalue weighted by Gasteiger charge is 2.33. The lowest BCUT2D eigenvalue weighted by molar-refractivity contribution is -0.137. The topological polar surface area (TPSA) is 73.6 Å². The number of hydrogen-bond donors (Lipinski definition) is 2. The average molecular weight is 334 g/mol. The van der Waals surface area contributed by atoms with Crippen molar-refractivity contribution in [3.05, 3.63) is 29.3 Å². The maximum atomic E-state index is 12.9. The molecule has 130 valence electrons. The number of carbonyl (C=O) groups excluding carboxylic acids is 1. The fourth-order valence-electron chi connectivity index (χ4n) is 1.83. The van der Waals surface area contributed by atoms with Crippen LogP contribution >= 0.6 is 0 Å². The van der Waals surface area contributed by atoms with Crippen molar-refractivity contribution in [1.29, 1.82) is 0 Å². The number of benzene rings is 1. The van der Waals surface area contributed by atoms with Crippen LogP contribution in [0, 0.1) is 0 Å². The lowest BCUT2D eigenvalue weighted by Crippen LogP contribution is -2.30. The zero-order valence-corrected chi connectivity index (χ0v) is 13.7. The largest absolute Gasteiger partial charge is 0.444 e. The maximum absolute atomic E-state index is 12.9. The third-order valence-electron chi connectivity index (χ3n) is 2.93. The van der Waals surface area contributed by atoms with E-state index >= 15 is 0 Å². The van der Waals surface area contributed by atoms with Gasteiger partial charge in [-0.1, -0.05) is 6.07 Å². The Hall–Kier alpha value is -1.80. The SMILES string of the molecule is CC(C)(C)OC(=O)Nc1cc(C(F)(F)F)ccc1C(C)(C)ON. The van der Waals surface area contributed by atoms with Crippen molar-refractivity contribution in [1.82, 2.24) is 0 Å². The number of rotatable bonds is 3. The minimum absolute atomic E-state index is 0.0791. The molecule has 0 radical (unpaired) electrons. The number of alkyl halides is 3. The number of anilines is 1. The van der Waals surface area contributed by atoms with Gasteiger partial charge in [-0.25, -0.2) is 10.7 Å². The molecule has 0 aliphatic heterocycles. The van der Waals surface area contributed by atoms with E-state index in [0.29, 0.717) is 5.56 Å². The highest BCUT2D eigenvalue weighted by Crippen LogP contribution is 2.36. The molecule has 23 heavy (non-hydrogen) atoms. The summed E-state index contributed by atoms with van der Waals surface area (Å²) in [6.45, 7) is 8.07. The van der Waals surface area contributed by atoms with E-state index in [1.54, 1.807) is 34.6 Å². The van der Waals surface area contributed by atoms with Crippen LogP contribution in [0.3, 0.4) is 0 Å². The van der Waals surface area contributed by atoms with Gasteiger partial charge in [0.05, 0.1) is 11.3 Å². The second kappa shape index (κ2) is 6.37. The summed E-state index contributed by atoms with van der Waals surface area (Å²) in [5, 5.41) is 2.32. The number of nitrogens with one attached hydrogen (secondary N) is 1. The Morgan fingerprint density at radius 3 is 2.13 bits per heavy atom. The van der Waals surface area contributed by atoms with Gasteiger partial charge in [0, 0.05) is 5.56 Å². The quantitative estimate of drug-likeness (QED) is 0.813. The third kappa shape index (κ3) is 5.40. The Bertz CT molecular complexity index is 578. The lowest BCUT2D eigenvalue weighted by Gasteiger charge is -2.27. The van der Waals surface area contributed by atoms with Gasteiger partial charge in [-0.3, -0.25) is 10.2 Å². The molecule has 0 spiro atoms. The van der Waals surface area contributed by atoms with Crippen LogP contribution in [0.15, 0.2) is 18.2 Å². The van der Waals surface area contributed by atoms with Crippen LogP contribution in [0.5, 0.6) is 0 Å². The van der Waals surface area contributed by atoms with Crippen LogP contribution in [-0.2, 0) is 21.4 Å². The molecule has 0 bridgehead atoms. The van der Waals surface area contributed by atoms with Gasteiger partial charge in [0.1, 0.15) is 11.2 Å². The summed E-state index contributed by atoms with van der Waals surface area (Å²) in [6.07, 6.45) is -5.41. The molecule has 1 aromatic rings. The van der Waals surface area contributed by atoms with Crippen LogP contribution in [0.25, 0.3) is 0 Å². The molecule has 0 heterocycles. The standard InChI is InChI=1S/C15H21F3N2O3/c1-13(2,3)22-12(21)20-11-8-9(15(16,17)18)6-7-10(11)14(4,5)23-19/h6-8H,19H2,1-5H3,(H,20,21). The predicted molar refractivity (Wildman–Crippen MR) is 79.6 cm³/mol. The van der Waals surface area contributed by atoms with E-state index in [0.717, 1.165) is 12.1 Å². The fraction of sp³-hybridized carbons (Fsp3) is 0.533. The van der Waals surface area contributed by atoms with E-state index in [1.807, 2.05) is 0 Å². The first-order chi connectivity index (χ1) is 10.3. The average Bonchev–Trinajstić information content (AvgIpc) is 2.35. The molecule has 0 atom stereocenters. The third-order valence-corrected chi connectivity index (χ3v) is 2.93. The van der Waals surface area contributed by atoms with E-state index in [2.05, 4.69) is 5.32 Å². The zero-order valence-electron chi connectivity index (χ0n) is 13.7. The van der Waals surface area contributed by atoms with Crippen molar-refractivity contribution in [3.8, 4) is 0 Å². The molecule has 3 N–H and O–H groups in total. The second-order valence-corrected chi connectivity index (χ2v) is 6.51. The highest BCUT2D eigenvalue weighted by molar-refractivity contribution is 5.86. The molecule has 0 aliphatic rings. The van der Waals surface area contributed by atoms with E-state index < -0.39 is 29.0 Å². The Morgan fingerprint density at radius 2 is 1.70 bits per heavy atom. The fourth-order valence-corrected chi connectivity index (χ4v) is 1.83. The molecule has 0 unspecified atom stereocenters. The van der Waals surface area contributed by atoms with Gasteiger partial charge >= 0.3 is 12.3 Å². The molecule has 0 aromatic heterocycles. The first-order valence-corrected chi connectivity index (χ1v) is 6.86. The van der Waals surface area contributed by atoms with Crippen molar-refractivity contribution >= 4 is 11.8 Å². The summed E-state index contributed by atoms with van der Waals surface area (Å²) in [5.74, 6) is 5.20. The zero-order chi connectivity index (χ0) is 18.1. The first-order valence-electron chi connectivity index (χ1n) is 6.86. The number of amides is 1. The molecule has 0 saturated carbocycles. The van der Waals surface area contributed by atoms with Crippen molar-refractivity contribution in [2.75, 3.05) is 5.32 Å². The molecule has 0 fully saturated rings. The highest BCUT2D eigenvalue weighted by atomic mass is 19.4. The number of carbonyl (C=O) groups is 1. The van der Waals surface area contributed by atoms with Crippen molar-refractivity contribution in [2.45, 2.75) is 52.0 Å². The summed E-state index contributed by atoms with van der Waals surface area (Å²) in [7, 11) is 0. The van der Waals surface area contributed by atoms with E-state index in [9.17, 15) is 18.0 Å². The van der Waals surface area contributed by atoms with Crippen molar-refractivity contribution in [2.24, 2.45) is 5.90 Å². The van der Waals surface area contributed by atoms with Crippen molar-refractivity contribution in [3.63, 3.8) is 0 Å². The minimum atomic E-state index is -4.55. The van der Waals surface area contributed by atoms with Gasteiger partial charge in [0.25, 0.3) is 0 Å². The molecule has 0 aliphatic carbocycles. The Labute approximate surface area is 132 Å². The summed E-state index contributed by atoms with van der Waals surface area (Å²) in [4.78, 5) is 16.7. The Balaban J connectivity index is 3.26. The van der Waals surface area contributed by atoms with Crippen molar-refractivity contribution < 1.29 is 27.5 Å².